The van der Waals surface area contributed by atoms with Crippen LogP contribution in [0.2, 0.25) is 0 Å². The summed E-state index contributed by atoms with van der Waals surface area (Å²) in [5.41, 5.74) is 1.15. The van der Waals surface area contributed by atoms with Gasteiger partial charge in [-0.3, -0.25) is 0 Å². The molecular formula is C7H7Br3OZr. The molecule has 5 heteroatoms. The quantitative estimate of drug-likeness (QED) is 0.667. The molecule has 0 aliphatic heterocycles. The number of para-hydroxylation sites is 1. The molecule has 1 nitrogen and oxygen atoms in total. The van der Waals surface area contributed by atoms with Crippen LogP contribution in [0.3, 0.4) is 0 Å². The number of benzene rings is 1. The van der Waals surface area contributed by atoms with Crippen LogP contribution < -0.4 is 2.81 Å². The number of halogens is 3. The predicted molar refractivity (Wildman–Crippen MR) is 58.6 cm³/mol. The van der Waals surface area contributed by atoms with Crippen molar-refractivity contribution in [2.75, 3.05) is 0 Å². The van der Waals surface area contributed by atoms with Gasteiger partial charge in [-0.25, -0.2) is 0 Å². The molecule has 0 radical (unpaired) electrons. The van der Waals surface area contributed by atoms with Crippen molar-refractivity contribution in [1.82, 2.24) is 0 Å². The number of hydrogen-bond acceptors (Lipinski definition) is 1. The number of hydrogen-bond donors (Lipinski definition) is 0. The molecule has 66 valence electrons. The zero-order valence-corrected chi connectivity index (χ0v) is 13.6. The van der Waals surface area contributed by atoms with E-state index in [2.05, 4.69) is 36.7 Å². The topological polar surface area (TPSA) is 9.23 Å². The maximum atomic E-state index is 5.69. The Morgan fingerprint density at radius 3 is 2.25 bits per heavy atom. The van der Waals surface area contributed by atoms with E-state index in [0.717, 1.165) is 11.3 Å². The Kier molecular flexibility index (Phi) is 4.49. The third-order valence-corrected chi connectivity index (χ3v) is 5.30. The van der Waals surface area contributed by atoms with Crippen molar-refractivity contribution in [3.8, 4) is 5.75 Å². The summed E-state index contributed by atoms with van der Waals surface area (Å²) in [5, 5.41) is 0. The van der Waals surface area contributed by atoms with E-state index in [1.807, 2.05) is 31.2 Å². The standard InChI is InChI=1S/C7H8O.3BrH.Zr/c1-6-4-2-3-5-7(6)8;;;;/h2-5,8H,1H3;3*1H;/q;;;;+4/p-4. The maximum absolute atomic E-state index is 5.69. The van der Waals surface area contributed by atoms with Gasteiger partial charge in [0.05, 0.1) is 0 Å². The fourth-order valence-corrected chi connectivity index (χ4v) is 5.07. The molecule has 0 N–H and O–H groups in total. The molecule has 1 aromatic rings. The van der Waals surface area contributed by atoms with Crippen molar-refractivity contribution in [3.05, 3.63) is 29.8 Å². The van der Waals surface area contributed by atoms with Crippen molar-refractivity contribution >= 4 is 36.7 Å². The van der Waals surface area contributed by atoms with Gasteiger partial charge in [-0.2, -0.15) is 0 Å². The molecular weight excluding hydrogens is 431 g/mol. The van der Waals surface area contributed by atoms with Crippen LogP contribution in [0.25, 0.3) is 0 Å². The molecule has 0 saturated heterocycles. The van der Waals surface area contributed by atoms with Gasteiger partial charge in [-0.1, -0.05) is 0 Å². The van der Waals surface area contributed by atoms with Gasteiger partial charge >= 0.3 is 95.6 Å². The molecule has 12 heavy (non-hydrogen) atoms. The van der Waals surface area contributed by atoms with E-state index in [9.17, 15) is 0 Å². The molecule has 0 bridgehead atoms. The summed E-state index contributed by atoms with van der Waals surface area (Å²) < 4.78 is 5.69. The summed E-state index contributed by atoms with van der Waals surface area (Å²) >= 11 is 7.74. The van der Waals surface area contributed by atoms with E-state index in [1.54, 1.807) is 0 Å². The molecule has 0 aliphatic rings. The van der Waals surface area contributed by atoms with Crippen LogP contribution in [0.15, 0.2) is 24.3 Å². The van der Waals surface area contributed by atoms with E-state index in [0.29, 0.717) is 0 Å². The molecule has 0 fully saturated rings. The van der Waals surface area contributed by atoms with Crippen LogP contribution in [-0.4, -0.2) is 0 Å². The molecule has 0 atom stereocenters. The van der Waals surface area contributed by atoms with Gasteiger partial charge in [0.1, 0.15) is 0 Å². The van der Waals surface area contributed by atoms with Gasteiger partial charge < -0.3 is 0 Å². The molecule has 0 aromatic heterocycles. The van der Waals surface area contributed by atoms with E-state index >= 15 is 0 Å². The second-order valence-electron chi connectivity index (χ2n) is 2.31. The molecule has 0 heterocycles. The summed E-state index contributed by atoms with van der Waals surface area (Å²) in [7, 11) is 0. The average molecular weight is 438 g/mol. The van der Waals surface area contributed by atoms with E-state index in [-0.39, 0.29) is 0 Å². The monoisotopic (exact) mass is 434 g/mol. The average Bonchev–Trinajstić information content (AvgIpc) is 1.91. The Hall–Kier alpha value is 1.34. The van der Waals surface area contributed by atoms with Gasteiger partial charge in [0, 0.05) is 0 Å². The Morgan fingerprint density at radius 1 is 1.17 bits per heavy atom. The van der Waals surface area contributed by atoms with Gasteiger partial charge in [-0.05, 0) is 0 Å². The van der Waals surface area contributed by atoms with Crippen LogP contribution in [0.4, 0.5) is 0 Å². The molecule has 0 unspecified atom stereocenters. The van der Waals surface area contributed by atoms with E-state index in [4.69, 9.17) is 2.81 Å². The Labute approximate surface area is 94.3 Å². The third kappa shape index (κ3) is 4.03. The molecule has 0 saturated carbocycles. The zero-order valence-electron chi connectivity index (χ0n) is 6.35. The van der Waals surface area contributed by atoms with Gasteiger partial charge in [0.15, 0.2) is 0 Å². The first-order valence-corrected chi connectivity index (χ1v) is 21.2. The van der Waals surface area contributed by atoms with Crippen molar-refractivity contribution in [1.29, 1.82) is 0 Å². The second-order valence-corrected chi connectivity index (χ2v) is 43.7. The predicted octanol–water partition coefficient (Wildman–Crippen LogP) is 4.37. The summed E-state index contributed by atoms with van der Waals surface area (Å²) in [6.07, 6.45) is 0. The minimum atomic E-state index is -2.67. The molecule has 0 amide bonds. The summed E-state index contributed by atoms with van der Waals surface area (Å²) in [6, 6.07) is 7.95. The van der Waals surface area contributed by atoms with Crippen molar-refractivity contribution in [2.24, 2.45) is 0 Å². The van der Waals surface area contributed by atoms with E-state index in [1.165, 1.54) is 0 Å². The summed E-state index contributed by atoms with van der Waals surface area (Å²) in [4.78, 5) is 0. The zero-order chi connectivity index (χ0) is 9.19. The first-order chi connectivity index (χ1) is 5.49. The van der Waals surface area contributed by atoms with Crippen molar-refractivity contribution in [3.63, 3.8) is 0 Å². The van der Waals surface area contributed by atoms with Crippen LogP contribution >= 0.6 is 36.7 Å². The second kappa shape index (κ2) is 4.72. The molecule has 1 aromatic carbocycles. The third-order valence-electron chi connectivity index (χ3n) is 1.32. The van der Waals surface area contributed by atoms with Crippen molar-refractivity contribution < 1.29 is 16.5 Å². The number of aryl methyl sites for hydroxylation is 1. The SMILES string of the molecule is Cc1ccccc1[O][Zr]([Br])([Br])[Br]. The first-order valence-electron chi connectivity index (χ1n) is 3.30. The fourth-order valence-electron chi connectivity index (χ4n) is 0.796. The summed E-state index contributed by atoms with van der Waals surface area (Å²) in [6.45, 7) is 2.03. The van der Waals surface area contributed by atoms with Crippen molar-refractivity contribution in [2.45, 2.75) is 6.92 Å². The van der Waals surface area contributed by atoms with Crippen LogP contribution in [-0.2, 0) is 13.7 Å². The Bertz CT molecular complexity index is 272. The first kappa shape index (κ1) is 11.4. The Balaban J connectivity index is 2.83. The van der Waals surface area contributed by atoms with Crippen LogP contribution in [0, 0.1) is 6.92 Å². The molecule has 0 aliphatic carbocycles. The van der Waals surface area contributed by atoms with Gasteiger partial charge in [0.25, 0.3) is 0 Å². The van der Waals surface area contributed by atoms with E-state index < -0.39 is 13.7 Å². The van der Waals surface area contributed by atoms with Gasteiger partial charge in [0.2, 0.25) is 0 Å². The van der Waals surface area contributed by atoms with Crippen LogP contribution in [0.5, 0.6) is 5.75 Å². The minimum absolute atomic E-state index is 0.930. The normalized spacial score (nSPS) is 11.3. The summed E-state index contributed by atoms with van der Waals surface area (Å²) in [5.74, 6) is 0.930. The number of rotatable bonds is 2. The molecule has 1 rings (SSSR count). The molecule has 0 spiro atoms. The fraction of sp³-hybridized carbons (Fsp3) is 0.143. The van der Waals surface area contributed by atoms with Gasteiger partial charge in [-0.15, -0.1) is 0 Å². The van der Waals surface area contributed by atoms with Crippen LogP contribution in [0.1, 0.15) is 5.56 Å². The Morgan fingerprint density at radius 2 is 1.75 bits per heavy atom.